The van der Waals surface area contributed by atoms with Crippen LogP contribution in [0.3, 0.4) is 0 Å². The molecule has 0 saturated heterocycles. The summed E-state index contributed by atoms with van der Waals surface area (Å²) in [6.07, 6.45) is -0.347. The molecule has 4 rings (SSSR count). The molecule has 2 bridgehead atoms. The molecule has 0 saturated carbocycles. The third kappa shape index (κ3) is 10.6. The van der Waals surface area contributed by atoms with Gasteiger partial charge in [-0.3, -0.25) is 14.9 Å². The van der Waals surface area contributed by atoms with Gasteiger partial charge in [0.1, 0.15) is 23.4 Å². The molecule has 2 aliphatic heterocycles. The fraction of sp³-hybridized carbons (Fsp3) is 0.531. The Hall–Kier alpha value is -3.63. The minimum atomic E-state index is -1.38. The summed E-state index contributed by atoms with van der Waals surface area (Å²) in [5.74, 6) is -0.323. The van der Waals surface area contributed by atoms with Crippen LogP contribution in [0.25, 0.3) is 0 Å². The highest BCUT2D eigenvalue weighted by Gasteiger charge is 2.37. The Labute approximate surface area is 248 Å². The zero-order chi connectivity index (χ0) is 30.7. The molecular weight excluding hydrogens is 536 g/mol. The molecule has 42 heavy (non-hydrogen) atoms. The summed E-state index contributed by atoms with van der Waals surface area (Å²) in [6.45, 7) is 10.2. The van der Waals surface area contributed by atoms with Crippen LogP contribution >= 0.6 is 0 Å². The van der Waals surface area contributed by atoms with E-state index in [2.05, 4.69) is 21.3 Å². The van der Waals surface area contributed by atoms with Gasteiger partial charge in [-0.05, 0) is 69.2 Å². The Morgan fingerprint density at radius 2 is 1.71 bits per heavy atom. The van der Waals surface area contributed by atoms with E-state index in [4.69, 9.17) is 9.47 Å². The van der Waals surface area contributed by atoms with Crippen LogP contribution in [0.1, 0.15) is 58.6 Å². The van der Waals surface area contributed by atoms with Crippen LogP contribution in [0.5, 0.6) is 5.75 Å². The van der Waals surface area contributed by atoms with Crippen LogP contribution in [0.15, 0.2) is 54.6 Å². The molecule has 10 heteroatoms. The van der Waals surface area contributed by atoms with E-state index in [1.807, 2.05) is 68.4 Å². The van der Waals surface area contributed by atoms with E-state index in [-0.39, 0.29) is 24.8 Å². The van der Waals surface area contributed by atoms with Crippen molar-refractivity contribution >= 4 is 17.9 Å². The highest BCUT2D eigenvalue weighted by Crippen LogP contribution is 2.16. The molecule has 3 amide bonds. The van der Waals surface area contributed by atoms with Crippen molar-refractivity contribution in [1.29, 1.82) is 0 Å². The van der Waals surface area contributed by atoms with Gasteiger partial charge < -0.3 is 30.5 Å². The van der Waals surface area contributed by atoms with Crippen LogP contribution in [0.4, 0.5) is 4.79 Å². The second kappa shape index (κ2) is 15.6. The summed E-state index contributed by atoms with van der Waals surface area (Å²) >= 11 is 0. The number of aliphatic hydroxyl groups excluding tert-OH is 1. The first kappa shape index (κ1) is 32.9. The summed E-state index contributed by atoms with van der Waals surface area (Å²) < 4.78 is 11.3. The number of fused-ring (bicyclic) bond motifs is 14. The van der Waals surface area contributed by atoms with Crippen molar-refractivity contribution in [3.05, 3.63) is 65.7 Å². The maximum Gasteiger partial charge on any atom is 0.407 e. The Bertz CT molecular complexity index is 1150. The maximum atomic E-state index is 13.8. The van der Waals surface area contributed by atoms with Gasteiger partial charge in [-0.1, -0.05) is 56.3 Å². The summed E-state index contributed by atoms with van der Waals surface area (Å²) in [6, 6.07) is 14.0. The molecule has 0 fully saturated rings. The highest BCUT2D eigenvalue weighted by molar-refractivity contribution is 5.90. The van der Waals surface area contributed by atoms with Crippen molar-refractivity contribution in [1.82, 2.24) is 21.3 Å². The van der Waals surface area contributed by atoms with E-state index in [9.17, 15) is 19.5 Å². The number of hydrogen-bond acceptors (Lipinski definition) is 7. The fourth-order valence-corrected chi connectivity index (χ4v) is 4.63. The normalized spacial score (nSPS) is 20.5. The van der Waals surface area contributed by atoms with Gasteiger partial charge in [0, 0.05) is 13.1 Å². The second-order valence-electron chi connectivity index (χ2n) is 12.0. The lowest BCUT2D eigenvalue weighted by molar-refractivity contribution is -0.133. The lowest BCUT2D eigenvalue weighted by Crippen LogP contribution is -2.62. The first-order chi connectivity index (χ1) is 19.9. The Morgan fingerprint density at radius 1 is 1.02 bits per heavy atom. The van der Waals surface area contributed by atoms with Gasteiger partial charge in [0.2, 0.25) is 11.8 Å². The summed E-state index contributed by atoms with van der Waals surface area (Å²) in [5.41, 5.74) is 0.975. The van der Waals surface area contributed by atoms with E-state index in [0.717, 1.165) is 29.7 Å². The summed E-state index contributed by atoms with van der Waals surface area (Å²) in [5, 5.41) is 23.4. The molecule has 5 N–H and O–H groups in total. The first-order valence-electron chi connectivity index (χ1n) is 14.7. The smallest absolute Gasteiger partial charge is 0.407 e. The number of carbonyl (C=O) groups is 3. The SMILES string of the molecule is CC(C)[C@@H]1NC(=O)[C@@H]([C@H](O)[C@H](Cc2ccccc2)NC(=O)OC(C)(C)C)NCc2ccc(cc2)OCCCCNC1=O. The Morgan fingerprint density at radius 3 is 2.36 bits per heavy atom. The molecule has 4 atom stereocenters. The molecule has 2 aliphatic rings. The number of carbonyl (C=O) groups excluding carboxylic acids is 3. The monoisotopic (exact) mass is 582 g/mol. The zero-order valence-corrected chi connectivity index (χ0v) is 25.3. The molecule has 0 spiro atoms. The molecule has 2 heterocycles. The average Bonchev–Trinajstić information content (AvgIpc) is 2.93. The van der Waals surface area contributed by atoms with Crippen molar-refractivity contribution in [2.24, 2.45) is 5.92 Å². The van der Waals surface area contributed by atoms with E-state index >= 15 is 0 Å². The minimum Gasteiger partial charge on any atom is -0.494 e. The molecule has 2 aromatic rings. The average molecular weight is 583 g/mol. The largest absolute Gasteiger partial charge is 0.494 e. The van der Waals surface area contributed by atoms with Crippen LogP contribution in [0.2, 0.25) is 0 Å². The maximum absolute atomic E-state index is 13.8. The lowest BCUT2D eigenvalue weighted by atomic mass is 9.94. The molecule has 230 valence electrons. The Kier molecular flexibility index (Phi) is 12.2. The van der Waals surface area contributed by atoms with Crippen molar-refractivity contribution in [3.8, 4) is 5.75 Å². The van der Waals surface area contributed by atoms with Gasteiger partial charge in [0.25, 0.3) is 0 Å². The van der Waals surface area contributed by atoms with Crippen molar-refractivity contribution in [3.63, 3.8) is 0 Å². The van der Waals surface area contributed by atoms with E-state index in [1.54, 1.807) is 20.8 Å². The minimum absolute atomic E-state index is 0.204. The summed E-state index contributed by atoms with van der Waals surface area (Å²) in [7, 11) is 0. The molecule has 0 aliphatic carbocycles. The Balaban J connectivity index is 1.93. The van der Waals surface area contributed by atoms with Gasteiger partial charge >= 0.3 is 6.09 Å². The third-order valence-corrected chi connectivity index (χ3v) is 6.87. The third-order valence-electron chi connectivity index (χ3n) is 6.87. The number of rotatable bonds is 6. The van der Waals surface area contributed by atoms with Crippen molar-refractivity contribution in [2.45, 2.75) is 90.3 Å². The summed E-state index contributed by atoms with van der Waals surface area (Å²) in [4.78, 5) is 39.7. The lowest BCUT2D eigenvalue weighted by Gasteiger charge is -2.33. The molecule has 2 aromatic carbocycles. The molecular formula is C32H46N4O6. The highest BCUT2D eigenvalue weighted by atomic mass is 16.6. The van der Waals surface area contributed by atoms with Crippen LogP contribution in [-0.4, -0.2) is 66.0 Å². The van der Waals surface area contributed by atoms with Gasteiger partial charge in [-0.25, -0.2) is 4.79 Å². The standard InChI is InChI=1S/C32H46N4O6/c1-21(2)26-29(38)33-17-9-10-18-41-24-15-13-23(14-16-24)20-34-27(30(39)36-26)28(37)25(19-22-11-7-6-8-12-22)35-31(40)42-32(3,4)5/h6-8,11-16,21,25-28,34,37H,9-10,17-20H2,1-5H3,(H,33,38)(H,35,40)(H,36,39)/t25-,26-,27+,28+/m0/s1. The van der Waals surface area contributed by atoms with E-state index < -0.39 is 41.8 Å². The fourth-order valence-electron chi connectivity index (χ4n) is 4.63. The predicted molar refractivity (Wildman–Crippen MR) is 161 cm³/mol. The molecule has 0 unspecified atom stereocenters. The van der Waals surface area contributed by atoms with Crippen LogP contribution in [0, 0.1) is 5.92 Å². The first-order valence-corrected chi connectivity index (χ1v) is 14.7. The van der Waals surface area contributed by atoms with Gasteiger partial charge in [-0.2, -0.15) is 0 Å². The van der Waals surface area contributed by atoms with E-state index in [1.165, 1.54) is 0 Å². The number of hydrogen-bond donors (Lipinski definition) is 5. The number of amides is 3. The number of benzene rings is 2. The number of nitrogens with one attached hydrogen (secondary N) is 4. The van der Waals surface area contributed by atoms with Crippen molar-refractivity contribution < 1.29 is 29.0 Å². The number of alkyl carbamates (subject to hydrolysis) is 1. The van der Waals surface area contributed by atoms with Gasteiger partial charge in [0.05, 0.1) is 18.8 Å². The molecule has 0 aromatic heterocycles. The van der Waals surface area contributed by atoms with Crippen LogP contribution in [-0.2, 0) is 27.3 Å². The van der Waals surface area contributed by atoms with E-state index in [0.29, 0.717) is 13.2 Å². The predicted octanol–water partition coefficient (Wildman–Crippen LogP) is 3.07. The topological polar surface area (TPSA) is 138 Å². The second-order valence-corrected chi connectivity index (χ2v) is 12.0. The van der Waals surface area contributed by atoms with Crippen LogP contribution < -0.4 is 26.0 Å². The van der Waals surface area contributed by atoms with Crippen molar-refractivity contribution in [2.75, 3.05) is 13.2 Å². The quantitative estimate of drug-likeness (QED) is 0.330. The number of ether oxygens (including phenoxy) is 2. The zero-order valence-electron chi connectivity index (χ0n) is 25.3. The van der Waals surface area contributed by atoms with Gasteiger partial charge in [0.15, 0.2) is 0 Å². The van der Waals surface area contributed by atoms with Gasteiger partial charge in [-0.15, -0.1) is 0 Å². The molecule has 10 nitrogen and oxygen atoms in total. The molecule has 0 radical (unpaired) electrons. The number of aliphatic hydroxyl groups is 1.